The van der Waals surface area contributed by atoms with E-state index in [9.17, 15) is 18.0 Å². The predicted octanol–water partition coefficient (Wildman–Crippen LogP) is 2.86. The number of ether oxygens (including phenoxy) is 2. The largest absolute Gasteiger partial charge is 0.542 e. The van der Waals surface area contributed by atoms with E-state index in [1.807, 2.05) is 12.1 Å². The molecule has 0 bridgehead atoms. The lowest BCUT2D eigenvalue weighted by molar-refractivity contribution is -0.924. The monoisotopic (exact) mass is 557 g/mol. The van der Waals surface area contributed by atoms with E-state index in [1.54, 1.807) is 18.2 Å². The molecule has 212 valence electrons. The zero-order valence-electron chi connectivity index (χ0n) is 21.9. The van der Waals surface area contributed by atoms with Crippen LogP contribution >= 0.6 is 0 Å². The van der Waals surface area contributed by atoms with E-state index in [-0.39, 0.29) is 12.7 Å². The number of carboxylic acids is 1. The van der Waals surface area contributed by atoms with Crippen molar-refractivity contribution in [2.24, 2.45) is 0 Å². The molecule has 3 aromatic carbocycles. The van der Waals surface area contributed by atoms with E-state index in [0.717, 1.165) is 48.3 Å². The summed E-state index contributed by atoms with van der Waals surface area (Å²) in [6, 6.07) is 22.5. The molecule has 5 rings (SSSR count). The lowest BCUT2D eigenvalue weighted by atomic mass is 10.0. The third kappa shape index (κ3) is 7.73. The number of alkyl halides is 3. The van der Waals surface area contributed by atoms with Gasteiger partial charge in [0.05, 0.1) is 20.1 Å². The third-order valence-corrected chi connectivity index (χ3v) is 6.73. The van der Waals surface area contributed by atoms with Gasteiger partial charge in [-0.2, -0.15) is 13.2 Å². The Morgan fingerprint density at radius 1 is 0.925 bits per heavy atom. The maximum absolute atomic E-state index is 12.6. The van der Waals surface area contributed by atoms with Gasteiger partial charge < -0.3 is 34.5 Å². The number of carbonyl (C=O) groups is 2. The van der Waals surface area contributed by atoms with Gasteiger partial charge in [-0.1, -0.05) is 36.4 Å². The van der Waals surface area contributed by atoms with Gasteiger partial charge in [-0.3, -0.25) is 4.79 Å². The Morgan fingerprint density at radius 2 is 1.52 bits per heavy atom. The van der Waals surface area contributed by atoms with Gasteiger partial charge in [-0.15, -0.1) is 0 Å². The number of quaternary nitrogens is 1. The first-order valence-corrected chi connectivity index (χ1v) is 12.7. The van der Waals surface area contributed by atoms with E-state index >= 15 is 0 Å². The highest BCUT2D eigenvalue weighted by Crippen LogP contribution is 2.32. The minimum absolute atomic E-state index is 0.131. The van der Waals surface area contributed by atoms with E-state index in [2.05, 4.69) is 54.1 Å². The second kappa shape index (κ2) is 12.4. The quantitative estimate of drug-likeness (QED) is 0.453. The summed E-state index contributed by atoms with van der Waals surface area (Å²) in [5.41, 5.74) is 5.35. The molecule has 0 spiro atoms. The van der Waals surface area contributed by atoms with Crippen LogP contribution in [-0.2, 0) is 17.9 Å². The Labute approximate surface area is 229 Å². The highest BCUT2D eigenvalue weighted by molar-refractivity contribution is 5.94. The Bertz CT molecular complexity index is 1360. The summed E-state index contributed by atoms with van der Waals surface area (Å²) < 4.78 is 43.3. The van der Waals surface area contributed by atoms with Gasteiger partial charge in [0, 0.05) is 30.8 Å². The van der Waals surface area contributed by atoms with Gasteiger partial charge in [0.15, 0.2) is 11.5 Å². The number of piperazine rings is 1. The summed E-state index contributed by atoms with van der Waals surface area (Å²) in [5.74, 6) is -1.85. The van der Waals surface area contributed by atoms with E-state index in [0.29, 0.717) is 23.6 Å². The maximum Gasteiger partial charge on any atom is 0.430 e. The average Bonchev–Trinajstić information content (AvgIpc) is 3.40. The van der Waals surface area contributed by atoms with E-state index < -0.39 is 12.1 Å². The number of nitrogens with one attached hydrogen (secondary N) is 2. The summed E-state index contributed by atoms with van der Waals surface area (Å²) in [6.07, 6.45) is -5.19. The Balaban J connectivity index is 0.000000470. The molecule has 0 aliphatic carbocycles. The van der Waals surface area contributed by atoms with Crippen LogP contribution in [0.2, 0.25) is 0 Å². The van der Waals surface area contributed by atoms with Crippen LogP contribution in [0, 0.1) is 0 Å². The molecular weight excluding hydrogens is 527 g/mol. The van der Waals surface area contributed by atoms with Crippen LogP contribution in [0.5, 0.6) is 11.5 Å². The molecule has 40 heavy (non-hydrogen) atoms. The van der Waals surface area contributed by atoms with Crippen LogP contribution in [0.15, 0.2) is 66.7 Å². The lowest BCUT2D eigenvalue weighted by Gasteiger charge is -2.38. The molecule has 0 atom stereocenters. The molecule has 1 fully saturated rings. The van der Waals surface area contributed by atoms with Crippen LogP contribution in [0.4, 0.5) is 13.2 Å². The van der Waals surface area contributed by atoms with Gasteiger partial charge >= 0.3 is 6.18 Å². The fourth-order valence-corrected chi connectivity index (χ4v) is 4.57. The molecule has 2 heterocycles. The van der Waals surface area contributed by atoms with Crippen molar-refractivity contribution in [1.29, 1.82) is 0 Å². The molecule has 2 N–H and O–H groups in total. The Morgan fingerprint density at radius 3 is 2.17 bits per heavy atom. The van der Waals surface area contributed by atoms with Crippen molar-refractivity contribution in [3.05, 3.63) is 83.4 Å². The second-order valence-corrected chi connectivity index (χ2v) is 9.91. The summed E-state index contributed by atoms with van der Waals surface area (Å²) >= 11 is 0. The molecular formula is C29H30F3N3O5. The second-order valence-electron chi connectivity index (χ2n) is 9.91. The molecule has 1 amide bonds. The van der Waals surface area contributed by atoms with Gasteiger partial charge in [0.25, 0.3) is 5.91 Å². The topological polar surface area (TPSA) is 99.7 Å². The number of hydrogen-bond acceptors (Lipinski definition) is 6. The number of halogens is 3. The molecule has 1 saturated heterocycles. The molecule has 0 radical (unpaired) electrons. The predicted molar refractivity (Wildman–Crippen MR) is 139 cm³/mol. The zero-order chi connectivity index (χ0) is 28.8. The number of likely N-dealkylation sites (N-methyl/N-ethyl adjacent to an activating group) is 1. The van der Waals surface area contributed by atoms with Crippen molar-refractivity contribution in [2.45, 2.75) is 19.3 Å². The normalized spacial score (nSPS) is 15.5. The van der Waals surface area contributed by atoms with Gasteiger partial charge in [0.1, 0.15) is 12.5 Å². The first-order valence-electron chi connectivity index (χ1n) is 12.7. The summed E-state index contributed by atoms with van der Waals surface area (Å²) in [5, 5.41) is 15.2. The van der Waals surface area contributed by atoms with Crippen LogP contribution < -0.4 is 25.2 Å². The summed E-state index contributed by atoms with van der Waals surface area (Å²) in [4.78, 5) is 21.4. The number of fused-ring (bicyclic) bond motifs is 1. The molecule has 2 aliphatic rings. The third-order valence-electron chi connectivity index (χ3n) is 6.73. The van der Waals surface area contributed by atoms with Gasteiger partial charge in [0.2, 0.25) is 6.79 Å². The number of nitrogens with zero attached hydrogens (tertiary/aromatic N) is 1. The van der Waals surface area contributed by atoms with Crippen molar-refractivity contribution < 1.29 is 41.8 Å². The number of rotatable bonds is 6. The van der Waals surface area contributed by atoms with Crippen LogP contribution in [0.25, 0.3) is 11.1 Å². The minimum Gasteiger partial charge on any atom is -0.542 e. The van der Waals surface area contributed by atoms with Gasteiger partial charge in [-0.05, 0) is 47.0 Å². The molecule has 3 aromatic rings. The fourth-order valence-electron chi connectivity index (χ4n) is 4.57. The number of amides is 1. The Kier molecular flexibility index (Phi) is 8.96. The van der Waals surface area contributed by atoms with Crippen LogP contribution in [0.1, 0.15) is 21.5 Å². The van der Waals surface area contributed by atoms with Gasteiger partial charge in [-0.25, -0.2) is 0 Å². The molecule has 0 saturated carbocycles. The molecule has 0 unspecified atom stereocenters. The maximum atomic E-state index is 12.6. The van der Waals surface area contributed by atoms with E-state index in [1.165, 1.54) is 11.1 Å². The summed E-state index contributed by atoms with van der Waals surface area (Å²) in [7, 11) is 2.34. The minimum atomic E-state index is -5.19. The van der Waals surface area contributed by atoms with Crippen molar-refractivity contribution in [3.8, 4) is 22.6 Å². The lowest BCUT2D eigenvalue weighted by Crippen LogP contribution is -2.55. The number of carboxylic acid groups (broad SMARTS) is 1. The number of aliphatic carboxylic acids is 1. The van der Waals surface area contributed by atoms with Crippen LogP contribution in [-0.4, -0.2) is 62.6 Å². The van der Waals surface area contributed by atoms with Crippen molar-refractivity contribution in [2.75, 3.05) is 40.0 Å². The SMILES string of the molecule is C[N+]1(Cc2cccc(-c3cccc(CNC(=O)c4ccc5c(c4)OCO5)c3)c2)CCNCC1.O=C([O-])C(F)(F)F. The average molecular weight is 558 g/mol. The first kappa shape index (κ1) is 28.9. The standard InChI is InChI=1S/C27H29N3O3.C2HF3O2/c1-30(12-10-28-11-13-30)18-21-5-3-7-23(15-21)22-6-2-4-20(14-22)17-29-27(31)24-8-9-25-26(16-24)33-19-32-25;3-2(4,5)1(6)7/h2-9,14-16,28H,10-13,17-19H2,1H3;(H,6,7). The Hall–Kier alpha value is -4.09. The smallest absolute Gasteiger partial charge is 0.430 e. The number of carbonyl (C=O) groups excluding carboxylic acids is 2. The van der Waals surface area contributed by atoms with Crippen LogP contribution in [0.3, 0.4) is 0 Å². The molecule has 0 aromatic heterocycles. The van der Waals surface area contributed by atoms with Crippen molar-refractivity contribution in [3.63, 3.8) is 0 Å². The fraction of sp³-hybridized carbons (Fsp3) is 0.310. The zero-order valence-corrected chi connectivity index (χ0v) is 21.9. The highest BCUT2D eigenvalue weighted by atomic mass is 19.4. The summed E-state index contributed by atoms with van der Waals surface area (Å²) in [6.45, 7) is 6.17. The molecule has 11 heteroatoms. The highest BCUT2D eigenvalue weighted by Gasteiger charge is 2.29. The molecule has 2 aliphatic heterocycles. The first-order chi connectivity index (χ1) is 19.0. The van der Waals surface area contributed by atoms with Crippen molar-refractivity contribution in [1.82, 2.24) is 10.6 Å². The van der Waals surface area contributed by atoms with E-state index in [4.69, 9.17) is 19.4 Å². The molecule has 8 nitrogen and oxygen atoms in total. The number of hydrogen-bond donors (Lipinski definition) is 2. The van der Waals surface area contributed by atoms with Crippen molar-refractivity contribution >= 4 is 11.9 Å². The number of benzene rings is 3.